The van der Waals surface area contributed by atoms with E-state index < -0.39 is 11.9 Å². The molecule has 0 unspecified atom stereocenters. The predicted molar refractivity (Wildman–Crippen MR) is 123 cm³/mol. The van der Waals surface area contributed by atoms with E-state index in [4.69, 9.17) is 4.74 Å². The third kappa shape index (κ3) is 3.73. The lowest BCUT2D eigenvalue weighted by atomic mass is 9.62. The SMILES string of the molecule is COc1ccc(/C=C2\NC(=O)NC2=O)cc1-c1cc2c(cc1C)C(C)(C)CCC2(C)C. The minimum Gasteiger partial charge on any atom is -0.496 e. The Morgan fingerprint density at radius 1 is 0.903 bits per heavy atom. The van der Waals surface area contributed by atoms with Gasteiger partial charge in [-0.2, -0.15) is 0 Å². The summed E-state index contributed by atoms with van der Waals surface area (Å²) >= 11 is 0. The summed E-state index contributed by atoms with van der Waals surface area (Å²) in [6.45, 7) is 11.4. The van der Waals surface area contributed by atoms with Crippen molar-refractivity contribution in [1.29, 1.82) is 0 Å². The number of carbonyl (C=O) groups excluding carboxylic acids is 2. The minimum absolute atomic E-state index is 0.104. The Kier molecular flexibility index (Phi) is 4.95. The number of ether oxygens (including phenoxy) is 1. The fourth-order valence-corrected chi connectivity index (χ4v) is 4.69. The number of hydrogen-bond donors (Lipinski definition) is 2. The van der Waals surface area contributed by atoms with Gasteiger partial charge in [-0.25, -0.2) is 4.79 Å². The van der Waals surface area contributed by atoms with Crippen molar-refractivity contribution in [2.45, 2.75) is 58.3 Å². The van der Waals surface area contributed by atoms with E-state index in [0.29, 0.717) is 0 Å². The summed E-state index contributed by atoms with van der Waals surface area (Å²) in [6.07, 6.45) is 4.00. The van der Waals surface area contributed by atoms with Crippen molar-refractivity contribution in [2.24, 2.45) is 0 Å². The Morgan fingerprint density at radius 2 is 1.55 bits per heavy atom. The molecule has 0 saturated carbocycles. The van der Waals surface area contributed by atoms with Crippen LogP contribution in [0, 0.1) is 6.92 Å². The predicted octanol–water partition coefficient (Wildman–Crippen LogP) is 5.20. The Hall–Kier alpha value is -3.08. The van der Waals surface area contributed by atoms with E-state index in [2.05, 4.69) is 57.4 Å². The second-order valence-corrected chi connectivity index (χ2v) is 9.91. The molecule has 1 aliphatic carbocycles. The van der Waals surface area contributed by atoms with Crippen molar-refractivity contribution in [3.05, 3.63) is 58.3 Å². The number of methoxy groups -OCH3 is 1. The fourth-order valence-electron chi connectivity index (χ4n) is 4.69. The van der Waals surface area contributed by atoms with Crippen LogP contribution in [0.5, 0.6) is 5.75 Å². The standard InChI is InChI=1S/C26H30N2O3/c1-15-11-19-20(26(4,5)10-9-25(19,2)3)14-17(15)18-12-16(7-8-22(18)31-6)13-21-23(29)28-24(30)27-21/h7-8,11-14H,9-10H2,1-6H3,(H2,27,28,29,30)/b21-13-. The number of fused-ring (bicyclic) bond motifs is 1. The zero-order valence-electron chi connectivity index (χ0n) is 19.1. The van der Waals surface area contributed by atoms with Gasteiger partial charge in [-0.05, 0) is 82.7 Å². The molecule has 2 N–H and O–H groups in total. The molecule has 0 spiro atoms. The molecule has 4 rings (SSSR count). The van der Waals surface area contributed by atoms with Crippen LogP contribution in [0.1, 0.15) is 62.8 Å². The number of carbonyl (C=O) groups is 2. The highest BCUT2D eigenvalue weighted by molar-refractivity contribution is 6.14. The number of rotatable bonds is 3. The molecule has 0 aromatic heterocycles. The lowest BCUT2D eigenvalue weighted by Crippen LogP contribution is -2.34. The zero-order valence-corrected chi connectivity index (χ0v) is 19.1. The highest BCUT2D eigenvalue weighted by Gasteiger charge is 2.37. The number of nitrogens with one attached hydrogen (secondary N) is 2. The molecular weight excluding hydrogens is 388 g/mol. The van der Waals surface area contributed by atoms with E-state index in [0.717, 1.165) is 28.9 Å². The lowest BCUT2D eigenvalue weighted by Gasteiger charge is -2.42. The molecule has 5 nitrogen and oxygen atoms in total. The number of hydrogen-bond acceptors (Lipinski definition) is 3. The van der Waals surface area contributed by atoms with Crippen LogP contribution in [-0.2, 0) is 15.6 Å². The quantitative estimate of drug-likeness (QED) is 0.532. The van der Waals surface area contributed by atoms with Gasteiger partial charge in [0.15, 0.2) is 0 Å². The van der Waals surface area contributed by atoms with Crippen molar-refractivity contribution in [3.63, 3.8) is 0 Å². The van der Waals surface area contributed by atoms with Crippen molar-refractivity contribution < 1.29 is 14.3 Å². The van der Waals surface area contributed by atoms with Gasteiger partial charge < -0.3 is 10.1 Å². The third-order valence-electron chi connectivity index (χ3n) is 6.74. The first-order valence-electron chi connectivity index (χ1n) is 10.7. The van der Waals surface area contributed by atoms with Crippen LogP contribution in [0.3, 0.4) is 0 Å². The summed E-state index contributed by atoms with van der Waals surface area (Å²) in [6, 6.07) is 9.96. The lowest BCUT2D eigenvalue weighted by molar-refractivity contribution is -0.115. The second-order valence-electron chi connectivity index (χ2n) is 9.91. The van der Waals surface area contributed by atoms with E-state index in [-0.39, 0.29) is 16.5 Å². The first-order chi connectivity index (χ1) is 14.5. The summed E-state index contributed by atoms with van der Waals surface area (Å²) < 4.78 is 5.69. The summed E-state index contributed by atoms with van der Waals surface area (Å²) in [7, 11) is 1.67. The van der Waals surface area contributed by atoms with Gasteiger partial charge in [0.25, 0.3) is 5.91 Å². The van der Waals surface area contributed by atoms with E-state index in [1.165, 1.54) is 23.1 Å². The van der Waals surface area contributed by atoms with Gasteiger partial charge >= 0.3 is 6.03 Å². The molecule has 1 heterocycles. The molecule has 162 valence electrons. The van der Waals surface area contributed by atoms with Crippen molar-refractivity contribution in [1.82, 2.24) is 10.6 Å². The first kappa shape index (κ1) is 21.2. The van der Waals surface area contributed by atoms with Gasteiger partial charge in [-0.15, -0.1) is 0 Å². The van der Waals surface area contributed by atoms with Crippen LogP contribution >= 0.6 is 0 Å². The second kappa shape index (κ2) is 7.26. The van der Waals surface area contributed by atoms with Crippen LogP contribution < -0.4 is 15.4 Å². The maximum absolute atomic E-state index is 11.9. The number of urea groups is 1. The molecule has 2 aliphatic rings. The number of aryl methyl sites for hydroxylation is 1. The molecule has 2 aromatic carbocycles. The van der Waals surface area contributed by atoms with E-state index in [1.807, 2.05) is 18.2 Å². The average Bonchev–Trinajstić information content (AvgIpc) is 3.02. The van der Waals surface area contributed by atoms with Crippen molar-refractivity contribution >= 4 is 18.0 Å². The molecule has 1 fully saturated rings. The van der Waals surface area contributed by atoms with E-state index in [9.17, 15) is 9.59 Å². The monoisotopic (exact) mass is 418 g/mol. The zero-order chi connectivity index (χ0) is 22.6. The van der Waals surface area contributed by atoms with Crippen LogP contribution in [0.2, 0.25) is 0 Å². The van der Waals surface area contributed by atoms with E-state index in [1.54, 1.807) is 13.2 Å². The summed E-state index contributed by atoms with van der Waals surface area (Å²) in [5, 5.41) is 4.78. The topological polar surface area (TPSA) is 67.4 Å². The van der Waals surface area contributed by atoms with Crippen molar-refractivity contribution in [2.75, 3.05) is 7.11 Å². The fraction of sp³-hybridized carbons (Fsp3) is 0.385. The Balaban J connectivity index is 1.87. The van der Waals surface area contributed by atoms with Crippen LogP contribution in [0.4, 0.5) is 4.79 Å². The highest BCUT2D eigenvalue weighted by Crippen LogP contribution is 2.48. The Labute approximate surface area is 183 Å². The van der Waals surface area contributed by atoms with Gasteiger partial charge in [0, 0.05) is 5.56 Å². The molecule has 1 saturated heterocycles. The van der Waals surface area contributed by atoms with Crippen LogP contribution in [0.25, 0.3) is 17.2 Å². The average molecular weight is 419 g/mol. The molecule has 1 aliphatic heterocycles. The summed E-state index contributed by atoms with van der Waals surface area (Å²) in [4.78, 5) is 23.4. The third-order valence-corrected chi connectivity index (χ3v) is 6.74. The maximum atomic E-state index is 11.9. The van der Waals surface area contributed by atoms with Gasteiger partial charge in [0.1, 0.15) is 11.4 Å². The van der Waals surface area contributed by atoms with Gasteiger partial charge in [0.05, 0.1) is 7.11 Å². The highest BCUT2D eigenvalue weighted by atomic mass is 16.5. The van der Waals surface area contributed by atoms with Gasteiger partial charge in [0.2, 0.25) is 0 Å². The largest absolute Gasteiger partial charge is 0.496 e. The molecule has 0 atom stereocenters. The van der Waals surface area contributed by atoms with Gasteiger partial charge in [-0.1, -0.05) is 39.8 Å². The normalized spacial score (nSPS) is 20.3. The Morgan fingerprint density at radius 3 is 2.13 bits per heavy atom. The number of amides is 3. The molecule has 3 amide bonds. The molecule has 5 heteroatoms. The Bertz CT molecular complexity index is 1130. The smallest absolute Gasteiger partial charge is 0.326 e. The first-order valence-corrected chi connectivity index (χ1v) is 10.7. The minimum atomic E-state index is -0.500. The van der Waals surface area contributed by atoms with Crippen LogP contribution in [0.15, 0.2) is 36.0 Å². The van der Waals surface area contributed by atoms with Crippen LogP contribution in [-0.4, -0.2) is 19.0 Å². The van der Waals surface area contributed by atoms with Gasteiger partial charge in [-0.3, -0.25) is 10.1 Å². The molecular formula is C26H30N2O3. The molecule has 2 aromatic rings. The number of benzene rings is 2. The summed E-state index contributed by atoms with van der Waals surface area (Å²) in [5.41, 5.74) is 7.42. The summed E-state index contributed by atoms with van der Waals surface area (Å²) in [5.74, 6) is 0.356. The molecule has 31 heavy (non-hydrogen) atoms. The number of imide groups is 1. The maximum Gasteiger partial charge on any atom is 0.326 e. The van der Waals surface area contributed by atoms with E-state index >= 15 is 0 Å². The molecule has 0 bridgehead atoms. The van der Waals surface area contributed by atoms with Crippen molar-refractivity contribution in [3.8, 4) is 16.9 Å². The molecule has 0 radical (unpaired) electrons.